The summed E-state index contributed by atoms with van der Waals surface area (Å²) in [5.41, 5.74) is 9.35. The lowest BCUT2D eigenvalue weighted by Crippen LogP contribution is -2.29. The van der Waals surface area contributed by atoms with Gasteiger partial charge in [0.25, 0.3) is 0 Å². The van der Waals surface area contributed by atoms with Crippen LogP contribution in [0, 0.1) is 0 Å². The van der Waals surface area contributed by atoms with Gasteiger partial charge in [-0.1, -0.05) is 0 Å². The largest absolute Gasteiger partial charge is 0.462 e. The van der Waals surface area contributed by atoms with Crippen molar-refractivity contribution in [1.82, 2.24) is 0 Å². The zero-order valence-corrected chi connectivity index (χ0v) is 13.0. The molecule has 0 radical (unpaired) electrons. The number of nitrogens with two attached hydrogens (primary N) is 1. The fraction of sp³-hybridized carbons (Fsp3) is 0.375. The Kier molecular flexibility index (Phi) is 5.30. The van der Waals surface area contributed by atoms with Gasteiger partial charge in [-0.05, 0) is 18.2 Å². The first-order valence-corrected chi connectivity index (χ1v) is 7.20. The highest BCUT2D eigenvalue weighted by Crippen LogP contribution is 2.36. The van der Waals surface area contributed by atoms with Gasteiger partial charge in [-0.25, -0.2) is 0 Å². The van der Waals surface area contributed by atoms with Gasteiger partial charge in [0.05, 0.1) is 25.2 Å². The molecule has 0 saturated heterocycles. The molecule has 0 aliphatic rings. The highest BCUT2D eigenvalue weighted by Gasteiger charge is 2.16. The summed E-state index contributed by atoms with van der Waals surface area (Å²) in [6.45, 7) is 0.929. The number of nitrogens with zero attached hydrogens (tertiary/aromatic N) is 2. The van der Waals surface area contributed by atoms with Crippen molar-refractivity contribution < 1.29 is 14.6 Å². The highest BCUT2D eigenvalue weighted by molar-refractivity contribution is 5.84. The SMILES string of the molecule is CN(C)c1ccoc1-c1cc(N(CCO)CCO)ccc1N. The molecule has 120 valence electrons. The van der Waals surface area contributed by atoms with Crippen LogP contribution in [0.25, 0.3) is 11.3 Å². The van der Waals surface area contributed by atoms with Crippen molar-refractivity contribution in [3.63, 3.8) is 0 Å². The first kappa shape index (κ1) is 16.2. The third-order valence-electron chi connectivity index (χ3n) is 3.51. The fourth-order valence-corrected chi connectivity index (χ4v) is 2.41. The Labute approximate surface area is 130 Å². The predicted molar refractivity (Wildman–Crippen MR) is 89.3 cm³/mol. The van der Waals surface area contributed by atoms with Crippen LogP contribution in [0.2, 0.25) is 0 Å². The maximum atomic E-state index is 9.18. The number of rotatable bonds is 7. The molecule has 4 N–H and O–H groups in total. The number of hydrogen-bond acceptors (Lipinski definition) is 6. The van der Waals surface area contributed by atoms with Gasteiger partial charge in [0, 0.05) is 50.2 Å². The molecule has 0 fully saturated rings. The molecule has 1 aromatic carbocycles. The number of aliphatic hydroxyl groups is 2. The summed E-state index contributed by atoms with van der Waals surface area (Å²) in [6, 6.07) is 7.50. The first-order valence-electron chi connectivity index (χ1n) is 7.20. The van der Waals surface area contributed by atoms with Crippen LogP contribution >= 0.6 is 0 Å². The van der Waals surface area contributed by atoms with Crippen LogP contribution in [0.1, 0.15) is 0 Å². The van der Waals surface area contributed by atoms with Crippen molar-refractivity contribution >= 4 is 17.1 Å². The monoisotopic (exact) mass is 305 g/mol. The lowest BCUT2D eigenvalue weighted by Gasteiger charge is -2.24. The van der Waals surface area contributed by atoms with E-state index < -0.39 is 0 Å². The quantitative estimate of drug-likeness (QED) is 0.670. The molecule has 0 spiro atoms. The standard InChI is InChI=1S/C16H23N3O3/c1-18(2)15-5-10-22-16(15)13-11-12(3-4-14(13)17)19(6-8-20)7-9-21/h3-5,10-11,20-21H,6-9,17H2,1-2H3. The van der Waals surface area contributed by atoms with E-state index in [0.717, 1.165) is 16.9 Å². The van der Waals surface area contributed by atoms with Crippen LogP contribution < -0.4 is 15.5 Å². The van der Waals surface area contributed by atoms with Gasteiger partial charge >= 0.3 is 0 Å². The van der Waals surface area contributed by atoms with Gasteiger partial charge in [-0.15, -0.1) is 0 Å². The molecule has 0 amide bonds. The van der Waals surface area contributed by atoms with Crippen molar-refractivity contribution in [1.29, 1.82) is 0 Å². The first-order chi connectivity index (χ1) is 10.6. The minimum Gasteiger partial charge on any atom is -0.462 e. The molecule has 0 saturated carbocycles. The predicted octanol–water partition coefficient (Wildman–Crippen LogP) is 1.39. The lowest BCUT2D eigenvalue weighted by atomic mass is 10.1. The van der Waals surface area contributed by atoms with Gasteiger partial charge in [0.1, 0.15) is 0 Å². The van der Waals surface area contributed by atoms with Crippen molar-refractivity contribution in [3.05, 3.63) is 30.5 Å². The fourth-order valence-electron chi connectivity index (χ4n) is 2.41. The number of hydrogen-bond donors (Lipinski definition) is 3. The van der Waals surface area contributed by atoms with Crippen LogP contribution in [0.5, 0.6) is 0 Å². The van der Waals surface area contributed by atoms with E-state index in [4.69, 9.17) is 10.2 Å². The summed E-state index contributed by atoms with van der Waals surface area (Å²) >= 11 is 0. The molecule has 0 aliphatic heterocycles. The van der Waals surface area contributed by atoms with Crippen LogP contribution in [0.3, 0.4) is 0 Å². The number of nitrogen functional groups attached to an aromatic ring is 1. The molecule has 6 heteroatoms. The van der Waals surface area contributed by atoms with Gasteiger partial charge < -0.3 is 30.2 Å². The van der Waals surface area contributed by atoms with E-state index in [9.17, 15) is 10.2 Å². The summed E-state index contributed by atoms with van der Waals surface area (Å²) in [7, 11) is 3.89. The van der Waals surface area contributed by atoms with Crippen LogP contribution in [0.15, 0.2) is 34.9 Å². The second-order valence-corrected chi connectivity index (χ2v) is 5.24. The molecule has 6 nitrogen and oxygen atoms in total. The van der Waals surface area contributed by atoms with Crippen molar-refractivity contribution in [2.24, 2.45) is 0 Å². The van der Waals surface area contributed by atoms with E-state index in [1.54, 1.807) is 6.26 Å². The maximum Gasteiger partial charge on any atom is 0.159 e. The summed E-state index contributed by atoms with van der Waals surface area (Å²) in [6.07, 6.45) is 1.63. The Hall–Kier alpha value is -2.18. The summed E-state index contributed by atoms with van der Waals surface area (Å²) < 4.78 is 5.61. The van der Waals surface area contributed by atoms with E-state index in [2.05, 4.69) is 0 Å². The van der Waals surface area contributed by atoms with Crippen molar-refractivity contribution in [3.8, 4) is 11.3 Å². The molecule has 0 aliphatic carbocycles. The van der Waals surface area contributed by atoms with E-state index in [1.165, 1.54) is 0 Å². The zero-order valence-electron chi connectivity index (χ0n) is 13.0. The molecule has 0 bridgehead atoms. The van der Waals surface area contributed by atoms with Gasteiger partial charge in [-0.3, -0.25) is 0 Å². The lowest BCUT2D eigenvalue weighted by molar-refractivity contribution is 0.281. The topological polar surface area (TPSA) is 86.1 Å². The average molecular weight is 305 g/mol. The molecule has 1 aromatic heterocycles. The summed E-state index contributed by atoms with van der Waals surface area (Å²) in [5, 5.41) is 18.4. The smallest absolute Gasteiger partial charge is 0.159 e. The number of furan rings is 1. The molecular formula is C16H23N3O3. The van der Waals surface area contributed by atoms with E-state index in [1.807, 2.05) is 48.2 Å². The van der Waals surface area contributed by atoms with Crippen LogP contribution in [0.4, 0.5) is 17.1 Å². The minimum atomic E-state index is 0.0173. The van der Waals surface area contributed by atoms with E-state index in [0.29, 0.717) is 24.5 Å². The van der Waals surface area contributed by atoms with Crippen LogP contribution in [-0.4, -0.2) is 50.6 Å². The second kappa shape index (κ2) is 7.20. The molecular weight excluding hydrogens is 282 g/mol. The Balaban J connectivity index is 2.44. The molecule has 0 atom stereocenters. The maximum absolute atomic E-state index is 9.18. The molecule has 1 heterocycles. The Morgan fingerprint density at radius 1 is 1.09 bits per heavy atom. The Morgan fingerprint density at radius 3 is 2.36 bits per heavy atom. The normalized spacial score (nSPS) is 10.7. The molecule has 2 rings (SSSR count). The number of anilines is 3. The zero-order chi connectivity index (χ0) is 16.1. The highest BCUT2D eigenvalue weighted by atomic mass is 16.3. The van der Waals surface area contributed by atoms with Crippen LogP contribution in [-0.2, 0) is 0 Å². The Morgan fingerprint density at radius 2 is 1.77 bits per heavy atom. The van der Waals surface area contributed by atoms with Crippen molar-refractivity contribution in [2.75, 3.05) is 55.9 Å². The summed E-state index contributed by atoms with van der Waals surface area (Å²) in [5.74, 6) is 0.706. The number of benzene rings is 1. The molecule has 0 unspecified atom stereocenters. The minimum absolute atomic E-state index is 0.0173. The molecule has 2 aromatic rings. The number of aliphatic hydroxyl groups excluding tert-OH is 2. The third kappa shape index (κ3) is 3.35. The third-order valence-corrected chi connectivity index (χ3v) is 3.51. The molecule has 22 heavy (non-hydrogen) atoms. The summed E-state index contributed by atoms with van der Waals surface area (Å²) in [4.78, 5) is 3.87. The van der Waals surface area contributed by atoms with Crippen molar-refractivity contribution in [2.45, 2.75) is 0 Å². The van der Waals surface area contributed by atoms with E-state index >= 15 is 0 Å². The van der Waals surface area contributed by atoms with Gasteiger partial charge in [0.15, 0.2) is 5.76 Å². The average Bonchev–Trinajstić information content (AvgIpc) is 2.97. The van der Waals surface area contributed by atoms with Gasteiger partial charge in [-0.2, -0.15) is 0 Å². The Bertz CT molecular complexity index is 604. The van der Waals surface area contributed by atoms with Gasteiger partial charge in [0.2, 0.25) is 0 Å². The second-order valence-electron chi connectivity index (χ2n) is 5.24. The van der Waals surface area contributed by atoms with E-state index in [-0.39, 0.29) is 13.2 Å².